The summed E-state index contributed by atoms with van der Waals surface area (Å²) < 4.78 is 40.0. The number of nitrogens with two attached hydrogens (primary N) is 1. The van der Waals surface area contributed by atoms with Crippen molar-refractivity contribution in [1.29, 1.82) is 0 Å². The van der Waals surface area contributed by atoms with Crippen molar-refractivity contribution < 1.29 is 13.2 Å². The minimum absolute atomic E-state index is 0.0767. The highest BCUT2D eigenvalue weighted by Crippen LogP contribution is 2.51. The second-order valence-corrected chi connectivity index (χ2v) is 5.13. The molecule has 1 fully saturated rings. The van der Waals surface area contributed by atoms with Crippen LogP contribution in [0.25, 0.3) is 0 Å². The summed E-state index contributed by atoms with van der Waals surface area (Å²) in [5, 5.41) is 6.70. The lowest BCUT2D eigenvalue weighted by atomic mass is 10.1. The molecule has 1 aromatic rings. The molecular formula is C11H17F3N4. The van der Waals surface area contributed by atoms with Gasteiger partial charge < -0.3 is 11.1 Å². The molecule has 0 radical (unpaired) electrons. The van der Waals surface area contributed by atoms with E-state index in [0.29, 0.717) is 11.4 Å². The van der Waals surface area contributed by atoms with Crippen LogP contribution in [0.4, 0.5) is 24.7 Å². The van der Waals surface area contributed by atoms with Crippen LogP contribution in [0.2, 0.25) is 0 Å². The lowest BCUT2D eigenvalue weighted by Crippen LogP contribution is -2.39. The molecule has 18 heavy (non-hydrogen) atoms. The summed E-state index contributed by atoms with van der Waals surface area (Å²) in [6, 6.07) is 0. The van der Waals surface area contributed by atoms with E-state index in [1.165, 1.54) is 4.68 Å². The first-order valence-electron chi connectivity index (χ1n) is 5.85. The Balaban J connectivity index is 2.31. The molecule has 1 aliphatic rings. The van der Waals surface area contributed by atoms with Crippen LogP contribution in [-0.4, -0.2) is 21.5 Å². The van der Waals surface area contributed by atoms with Crippen molar-refractivity contribution in [2.45, 2.75) is 44.3 Å². The summed E-state index contributed by atoms with van der Waals surface area (Å²) in [4.78, 5) is 0. The van der Waals surface area contributed by atoms with E-state index in [1.54, 1.807) is 7.05 Å². The van der Waals surface area contributed by atoms with Crippen molar-refractivity contribution in [3.8, 4) is 0 Å². The number of aryl methyl sites for hydroxylation is 1. The maximum absolute atomic E-state index is 12.9. The number of nitrogens with one attached hydrogen (secondary N) is 1. The fourth-order valence-electron chi connectivity index (χ4n) is 1.97. The summed E-state index contributed by atoms with van der Waals surface area (Å²) in [7, 11) is 1.59. The van der Waals surface area contributed by atoms with E-state index in [2.05, 4.69) is 10.4 Å². The first-order chi connectivity index (χ1) is 8.18. The number of rotatable bonds is 3. The number of nitrogens with zero attached hydrogens (tertiary/aromatic N) is 2. The molecule has 3 N–H and O–H groups in total. The Labute approximate surface area is 103 Å². The fraction of sp³-hybridized carbons (Fsp3) is 0.727. The average Bonchev–Trinajstić information content (AvgIpc) is 2.95. The van der Waals surface area contributed by atoms with Gasteiger partial charge in [0.25, 0.3) is 0 Å². The molecule has 1 heterocycles. The van der Waals surface area contributed by atoms with Crippen molar-refractivity contribution in [2.24, 2.45) is 7.05 Å². The summed E-state index contributed by atoms with van der Waals surface area (Å²) in [5.74, 6) is 0.335. The van der Waals surface area contributed by atoms with E-state index in [4.69, 9.17) is 5.73 Å². The van der Waals surface area contributed by atoms with Crippen molar-refractivity contribution in [1.82, 2.24) is 9.78 Å². The lowest BCUT2D eigenvalue weighted by molar-refractivity contribution is -0.151. The molecule has 102 valence electrons. The minimum Gasteiger partial charge on any atom is -0.394 e. The molecule has 0 bridgehead atoms. The van der Waals surface area contributed by atoms with Crippen molar-refractivity contribution in [3.63, 3.8) is 0 Å². The number of nitrogen functional groups attached to an aromatic ring is 1. The number of hydrogen-bond acceptors (Lipinski definition) is 3. The molecule has 0 aromatic carbocycles. The monoisotopic (exact) mass is 262 g/mol. The third-order valence-corrected chi connectivity index (χ3v) is 3.31. The van der Waals surface area contributed by atoms with Crippen molar-refractivity contribution in [2.75, 3.05) is 11.1 Å². The SMILES string of the molecule is CC(C)c1nn(C)c(NC2(C(F)(F)F)CC2)c1N. The van der Waals surface area contributed by atoms with E-state index in [9.17, 15) is 13.2 Å². The lowest BCUT2D eigenvalue weighted by Gasteiger charge is -2.22. The van der Waals surface area contributed by atoms with Crippen LogP contribution in [-0.2, 0) is 7.05 Å². The zero-order chi connectivity index (χ0) is 13.7. The van der Waals surface area contributed by atoms with E-state index in [1.807, 2.05) is 13.8 Å². The van der Waals surface area contributed by atoms with Gasteiger partial charge in [0, 0.05) is 7.05 Å². The van der Waals surface area contributed by atoms with Gasteiger partial charge in [-0.25, -0.2) is 0 Å². The van der Waals surface area contributed by atoms with Crippen LogP contribution in [0, 0.1) is 0 Å². The molecule has 4 nitrogen and oxygen atoms in total. The molecule has 0 saturated heterocycles. The Morgan fingerprint density at radius 1 is 1.39 bits per heavy atom. The molecule has 1 aromatic heterocycles. The number of alkyl halides is 3. The number of hydrogen-bond donors (Lipinski definition) is 2. The molecule has 0 unspecified atom stereocenters. The topological polar surface area (TPSA) is 55.9 Å². The Kier molecular flexibility index (Phi) is 2.75. The van der Waals surface area contributed by atoms with Crippen LogP contribution in [0.3, 0.4) is 0 Å². The Hall–Kier alpha value is -1.40. The molecule has 0 amide bonds. The number of aromatic nitrogens is 2. The van der Waals surface area contributed by atoms with Crippen LogP contribution in [0.15, 0.2) is 0 Å². The Bertz CT molecular complexity index is 458. The van der Waals surface area contributed by atoms with E-state index >= 15 is 0 Å². The first kappa shape index (κ1) is 13.0. The standard InChI is InChI=1S/C11H17F3N4/c1-6(2)8-7(15)9(18(3)17-8)16-10(4-5-10)11(12,13)14/h6,16H,4-5,15H2,1-3H3. The Morgan fingerprint density at radius 3 is 2.28 bits per heavy atom. The molecule has 1 aliphatic carbocycles. The third kappa shape index (κ3) is 1.91. The van der Waals surface area contributed by atoms with Gasteiger partial charge >= 0.3 is 6.18 Å². The zero-order valence-corrected chi connectivity index (χ0v) is 10.6. The molecule has 7 heteroatoms. The second kappa shape index (κ2) is 3.80. The molecule has 0 spiro atoms. The normalized spacial score (nSPS) is 18.2. The van der Waals surface area contributed by atoms with Gasteiger partial charge in [-0.3, -0.25) is 4.68 Å². The van der Waals surface area contributed by atoms with E-state index in [-0.39, 0.29) is 24.6 Å². The maximum Gasteiger partial charge on any atom is 0.411 e. The molecule has 1 saturated carbocycles. The van der Waals surface area contributed by atoms with Gasteiger partial charge in [-0.15, -0.1) is 0 Å². The van der Waals surface area contributed by atoms with Gasteiger partial charge in [-0.2, -0.15) is 18.3 Å². The number of halogens is 3. The van der Waals surface area contributed by atoms with Gasteiger partial charge in [0.05, 0.1) is 11.4 Å². The minimum atomic E-state index is -4.26. The summed E-state index contributed by atoms with van der Waals surface area (Å²) in [5.41, 5.74) is 4.99. The summed E-state index contributed by atoms with van der Waals surface area (Å²) in [6.45, 7) is 3.80. The maximum atomic E-state index is 12.9. The molecular weight excluding hydrogens is 245 g/mol. The highest BCUT2D eigenvalue weighted by molar-refractivity contribution is 5.67. The molecule has 2 rings (SSSR count). The van der Waals surface area contributed by atoms with E-state index < -0.39 is 11.7 Å². The van der Waals surface area contributed by atoms with Gasteiger partial charge in [-0.1, -0.05) is 13.8 Å². The summed E-state index contributed by atoms with van der Waals surface area (Å²) in [6.07, 6.45) is -4.10. The average molecular weight is 262 g/mol. The van der Waals surface area contributed by atoms with Gasteiger partial charge in [0.2, 0.25) is 0 Å². The van der Waals surface area contributed by atoms with Gasteiger partial charge in [0.1, 0.15) is 11.4 Å². The predicted molar refractivity (Wildman–Crippen MR) is 63.4 cm³/mol. The van der Waals surface area contributed by atoms with Crippen molar-refractivity contribution >= 4 is 11.5 Å². The van der Waals surface area contributed by atoms with Crippen LogP contribution in [0.1, 0.15) is 38.3 Å². The zero-order valence-electron chi connectivity index (χ0n) is 10.6. The van der Waals surface area contributed by atoms with Gasteiger partial charge in [0.15, 0.2) is 0 Å². The van der Waals surface area contributed by atoms with E-state index in [0.717, 1.165) is 0 Å². The summed E-state index contributed by atoms with van der Waals surface area (Å²) >= 11 is 0. The first-order valence-corrected chi connectivity index (χ1v) is 5.85. The second-order valence-electron chi connectivity index (χ2n) is 5.13. The predicted octanol–water partition coefficient (Wildman–Crippen LogP) is 2.63. The fourth-order valence-corrected chi connectivity index (χ4v) is 1.97. The Morgan fingerprint density at radius 2 is 1.94 bits per heavy atom. The quantitative estimate of drug-likeness (QED) is 0.880. The van der Waals surface area contributed by atoms with Crippen LogP contribution < -0.4 is 11.1 Å². The highest BCUT2D eigenvalue weighted by Gasteiger charge is 2.64. The smallest absolute Gasteiger partial charge is 0.394 e. The van der Waals surface area contributed by atoms with Crippen LogP contribution >= 0.6 is 0 Å². The third-order valence-electron chi connectivity index (χ3n) is 3.31. The van der Waals surface area contributed by atoms with Crippen LogP contribution in [0.5, 0.6) is 0 Å². The molecule has 0 atom stereocenters. The number of anilines is 2. The van der Waals surface area contributed by atoms with Crippen molar-refractivity contribution in [3.05, 3.63) is 5.69 Å². The highest BCUT2D eigenvalue weighted by atomic mass is 19.4. The molecule has 0 aliphatic heterocycles. The largest absolute Gasteiger partial charge is 0.411 e. The van der Waals surface area contributed by atoms with Gasteiger partial charge in [-0.05, 0) is 18.8 Å².